The minimum absolute atomic E-state index is 0.0662. The van der Waals surface area contributed by atoms with Crippen LogP contribution in [0.2, 0.25) is 0 Å². The van der Waals surface area contributed by atoms with Gasteiger partial charge in [-0.3, -0.25) is 10.1 Å². The monoisotopic (exact) mass is 225 g/mol. The topological polar surface area (TPSA) is 93.0 Å². The van der Waals surface area contributed by atoms with E-state index in [1.807, 2.05) is 13.8 Å². The average Bonchev–Trinajstić information content (AvgIpc) is 2.17. The molecule has 1 aromatic heterocycles. The molecule has 0 aliphatic heterocycles. The highest BCUT2D eigenvalue weighted by atomic mass is 16.6. The third-order valence-electron chi connectivity index (χ3n) is 1.92. The molecule has 0 aromatic carbocycles. The minimum atomic E-state index is -0.469. The lowest BCUT2D eigenvalue weighted by molar-refractivity contribution is -0.385. The minimum Gasteiger partial charge on any atom is -0.364 e. The van der Waals surface area contributed by atoms with E-state index in [1.165, 1.54) is 0 Å². The predicted molar refractivity (Wildman–Crippen MR) is 61.8 cm³/mol. The largest absolute Gasteiger partial charge is 0.364 e. The summed E-state index contributed by atoms with van der Waals surface area (Å²) >= 11 is 0. The zero-order valence-electron chi connectivity index (χ0n) is 9.57. The Kier molecular flexibility index (Phi) is 3.98. The summed E-state index contributed by atoms with van der Waals surface area (Å²) in [6.45, 7) is 6.61. The van der Waals surface area contributed by atoms with E-state index in [1.54, 1.807) is 6.92 Å². The van der Waals surface area contributed by atoms with Crippen LogP contribution in [-0.2, 0) is 0 Å². The second-order valence-electron chi connectivity index (χ2n) is 3.15. The van der Waals surface area contributed by atoms with Crippen molar-refractivity contribution in [2.75, 3.05) is 23.7 Å². The standard InChI is InChI=1S/C9H15N5O2/c1-4-10-8-7(14(15)16)6(3)12-9(13-8)11-5-2/h4-5H2,1-3H3,(H2,10,11,12,13). The first-order valence-corrected chi connectivity index (χ1v) is 5.10. The molecule has 0 radical (unpaired) electrons. The van der Waals surface area contributed by atoms with E-state index in [9.17, 15) is 10.1 Å². The number of nitrogens with one attached hydrogen (secondary N) is 2. The van der Waals surface area contributed by atoms with Crippen LogP contribution in [0.4, 0.5) is 17.5 Å². The first-order valence-electron chi connectivity index (χ1n) is 5.10. The summed E-state index contributed by atoms with van der Waals surface area (Å²) in [5, 5.41) is 16.6. The molecule has 2 N–H and O–H groups in total. The molecule has 0 saturated heterocycles. The molecule has 1 heterocycles. The molecular formula is C9H15N5O2. The average molecular weight is 225 g/mol. The summed E-state index contributed by atoms with van der Waals surface area (Å²) in [6.07, 6.45) is 0. The van der Waals surface area contributed by atoms with E-state index in [0.29, 0.717) is 24.7 Å². The van der Waals surface area contributed by atoms with Crippen molar-refractivity contribution in [3.8, 4) is 0 Å². The van der Waals surface area contributed by atoms with E-state index >= 15 is 0 Å². The number of aryl methyl sites for hydroxylation is 1. The van der Waals surface area contributed by atoms with Crippen LogP contribution in [-0.4, -0.2) is 28.0 Å². The van der Waals surface area contributed by atoms with Crippen LogP contribution in [0, 0.1) is 17.0 Å². The van der Waals surface area contributed by atoms with E-state index in [2.05, 4.69) is 20.6 Å². The van der Waals surface area contributed by atoms with Gasteiger partial charge in [0, 0.05) is 13.1 Å². The van der Waals surface area contributed by atoms with Crippen molar-refractivity contribution in [1.82, 2.24) is 9.97 Å². The SMILES string of the molecule is CCNc1nc(C)c([N+](=O)[O-])c(NCC)n1. The van der Waals surface area contributed by atoms with Gasteiger partial charge in [0.2, 0.25) is 11.8 Å². The van der Waals surface area contributed by atoms with Crippen molar-refractivity contribution in [1.29, 1.82) is 0 Å². The maximum absolute atomic E-state index is 10.9. The Hall–Kier alpha value is -1.92. The molecule has 0 saturated carbocycles. The lowest BCUT2D eigenvalue weighted by Crippen LogP contribution is -2.10. The van der Waals surface area contributed by atoms with Gasteiger partial charge in [-0.2, -0.15) is 4.98 Å². The normalized spacial score (nSPS) is 9.94. The molecule has 7 heteroatoms. The van der Waals surface area contributed by atoms with Gasteiger partial charge in [0.05, 0.1) is 4.92 Å². The Morgan fingerprint density at radius 2 is 1.88 bits per heavy atom. The molecule has 0 aliphatic rings. The van der Waals surface area contributed by atoms with Crippen LogP contribution < -0.4 is 10.6 Å². The van der Waals surface area contributed by atoms with Gasteiger partial charge in [-0.1, -0.05) is 0 Å². The van der Waals surface area contributed by atoms with Crippen LogP contribution in [0.5, 0.6) is 0 Å². The highest BCUT2D eigenvalue weighted by Gasteiger charge is 2.21. The van der Waals surface area contributed by atoms with Crippen molar-refractivity contribution >= 4 is 17.5 Å². The van der Waals surface area contributed by atoms with Gasteiger partial charge in [0.25, 0.3) is 0 Å². The van der Waals surface area contributed by atoms with Crippen LogP contribution in [0.25, 0.3) is 0 Å². The summed E-state index contributed by atoms with van der Waals surface area (Å²) in [4.78, 5) is 18.5. The number of hydrogen-bond donors (Lipinski definition) is 2. The fourth-order valence-corrected chi connectivity index (χ4v) is 1.31. The molecule has 16 heavy (non-hydrogen) atoms. The van der Waals surface area contributed by atoms with E-state index < -0.39 is 4.92 Å². The maximum Gasteiger partial charge on any atom is 0.332 e. The molecule has 0 bridgehead atoms. The van der Waals surface area contributed by atoms with Gasteiger partial charge in [-0.15, -0.1) is 0 Å². The molecule has 0 atom stereocenters. The van der Waals surface area contributed by atoms with E-state index in [0.717, 1.165) is 0 Å². The third-order valence-corrected chi connectivity index (χ3v) is 1.92. The van der Waals surface area contributed by atoms with Gasteiger partial charge in [-0.25, -0.2) is 4.98 Å². The zero-order valence-corrected chi connectivity index (χ0v) is 9.57. The molecule has 0 spiro atoms. The third kappa shape index (κ3) is 2.56. The fourth-order valence-electron chi connectivity index (χ4n) is 1.31. The van der Waals surface area contributed by atoms with E-state index in [4.69, 9.17) is 0 Å². The summed E-state index contributed by atoms with van der Waals surface area (Å²) in [7, 11) is 0. The number of rotatable bonds is 5. The Morgan fingerprint density at radius 1 is 1.25 bits per heavy atom. The van der Waals surface area contributed by atoms with Crippen LogP contribution in [0.15, 0.2) is 0 Å². The van der Waals surface area contributed by atoms with Gasteiger partial charge in [0.1, 0.15) is 5.69 Å². The Labute approximate surface area is 93.4 Å². The van der Waals surface area contributed by atoms with Gasteiger partial charge in [-0.05, 0) is 20.8 Å². The van der Waals surface area contributed by atoms with Gasteiger partial charge >= 0.3 is 5.69 Å². The quantitative estimate of drug-likeness (QED) is 0.583. The fraction of sp³-hybridized carbons (Fsp3) is 0.556. The number of nitrogens with zero attached hydrogens (tertiary/aromatic N) is 3. The van der Waals surface area contributed by atoms with Crippen LogP contribution in [0.3, 0.4) is 0 Å². The van der Waals surface area contributed by atoms with Gasteiger partial charge < -0.3 is 10.6 Å². The first kappa shape index (κ1) is 12.2. The van der Waals surface area contributed by atoms with Crippen LogP contribution >= 0.6 is 0 Å². The van der Waals surface area contributed by atoms with Crippen molar-refractivity contribution in [2.24, 2.45) is 0 Å². The number of aromatic nitrogens is 2. The summed E-state index contributed by atoms with van der Waals surface area (Å²) in [5.41, 5.74) is 0.287. The van der Waals surface area contributed by atoms with Crippen molar-refractivity contribution in [3.63, 3.8) is 0 Å². The van der Waals surface area contributed by atoms with Gasteiger partial charge in [0.15, 0.2) is 0 Å². The summed E-state index contributed by atoms with van der Waals surface area (Å²) < 4.78 is 0. The molecule has 1 rings (SSSR count). The predicted octanol–water partition coefficient (Wildman–Crippen LogP) is 1.56. The molecule has 1 aromatic rings. The lowest BCUT2D eigenvalue weighted by Gasteiger charge is -2.08. The van der Waals surface area contributed by atoms with E-state index in [-0.39, 0.29) is 11.5 Å². The summed E-state index contributed by atoms with van der Waals surface area (Å²) in [6, 6.07) is 0. The zero-order chi connectivity index (χ0) is 12.1. The number of nitro groups is 1. The highest BCUT2D eigenvalue weighted by Crippen LogP contribution is 2.26. The molecule has 7 nitrogen and oxygen atoms in total. The second kappa shape index (κ2) is 5.24. The van der Waals surface area contributed by atoms with Crippen molar-refractivity contribution < 1.29 is 4.92 Å². The smallest absolute Gasteiger partial charge is 0.332 e. The molecule has 0 amide bonds. The molecule has 0 aliphatic carbocycles. The summed E-state index contributed by atoms with van der Waals surface area (Å²) in [5.74, 6) is 0.664. The molecule has 88 valence electrons. The van der Waals surface area contributed by atoms with Crippen molar-refractivity contribution in [2.45, 2.75) is 20.8 Å². The Balaban J connectivity index is 3.21. The molecule has 0 fully saturated rings. The van der Waals surface area contributed by atoms with Crippen LogP contribution in [0.1, 0.15) is 19.5 Å². The Morgan fingerprint density at radius 3 is 2.38 bits per heavy atom. The van der Waals surface area contributed by atoms with Crippen molar-refractivity contribution in [3.05, 3.63) is 15.8 Å². The second-order valence-corrected chi connectivity index (χ2v) is 3.15. The number of anilines is 2. The first-order chi connectivity index (χ1) is 7.60. The molecule has 0 unspecified atom stereocenters. The Bertz CT molecular complexity index is 394. The highest BCUT2D eigenvalue weighted by molar-refractivity contribution is 5.60. The number of hydrogen-bond acceptors (Lipinski definition) is 6. The molecular weight excluding hydrogens is 210 g/mol. The lowest BCUT2D eigenvalue weighted by atomic mass is 10.3. The maximum atomic E-state index is 10.9.